The molecule has 1 unspecified atom stereocenters. The zero-order valence-electron chi connectivity index (χ0n) is 15.1. The predicted octanol–water partition coefficient (Wildman–Crippen LogP) is 4.23. The Labute approximate surface area is 162 Å². The molecule has 136 valence electrons. The van der Waals surface area contributed by atoms with E-state index in [0.29, 0.717) is 0 Å². The van der Waals surface area contributed by atoms with Gasteiger partial charge in [0.25, 0.3) is 0 Å². The molecule has 0 radical (unpaired) electrons. The minimum absolute atomic E-state index is 0.104. The predicted molar refractivity (Wildman–Crippen MR) is 112 cm³/mol. The number of pyridine rings is 1. The van der Waals surface area contributed by atoms with Gasteiger partial charge in [-0.2, -0.15) is 0 Å². The van der Waals surface area contributed by atoms with Crippen LogP contribution in [0, 0.1) is 0 Å². The Morgan fingerprint density at radius 2 is 1.70 bits per heavy atom. The lowest BCUT2D eigenvalue weighted by molar-refractivity contribution is 0.237. The van der Waals surface area contributed by atoms with E-state index < -0.39 is 0 Å². The molecule has 1 N–H and O–H groups in total. The average Bonchev–Trinajstić information content (AvgIpc) is 2.95. The van der Waals surface area contributed by atoms with Gasteiger partial charge in [0.15, 0.2) is 0 Å². The average molecular weight is 375 g/mol. The lowest BCUT2D eigenvalue weighted by Gasteiger charge is -2.28. The van der Waals surface area contributed by atoms with Crippen LogP contribution in [0.3, 0.4) is 0 Å². The highest BCUT2D eigenvalue weighted by atomic mass is 32.1. The maximum Gasteiger partial charge on any atom is 0.117 e. The Kier molecular flexibility index (Phi) is 4.57. The Balaban J connectivity index is 1.63. The SMILES string of the molecule is c1ccc2nc(C(c3nc4ccccc4s3)N3CCCNCC3)ccc2c1. The molecule has 1 fully saturated rings. The Bertz CT molecular complexity index is 1030. The number of para-hydroxylation sites is 2. The molecule has 0 aliphatic carbocycles. The Morgan fingerprint density at radius 1 is 0.852 bits per heavy atom. The van der Waals surface area contributed by atoms with Crippen molar-refractivity contribution in [2.24, 2.45) is 0 Å². The third-order valence-corrected chi connectivity index (χ3v) is 6.27. The summed E-state index contributed by atoms with van der Waals surface area (Å²) >= 11 is 1.79. The van der Waals surface area contributed by atoms with Gasteiger partial charge in [0, 0.05) is 25.0 Å². The maximum absolute atomic E-state index is 5.03. The number of aromatic nitrogens is 2. The summed E-state index contributed by atoms with van der Waals surface area (Å²) in [4.78, 5) is 12.6. The first-order valence-electron chi connectivity index (χ1n) is 9.54. The molecule has 2 aromatic heterocycles. The number of rotatable bonds is 3. The third kappa shape index (κ3) is 3.34. The summed E-state index contributed by atoms with van der Waals surface area (Å²) in [6.45, 7) is 4.15. The summed E-state index contributed by atoms with van der Waals surface area (Å²) in [6.07, 6.45) is 1.15. The van der Waals surface area contributed by atoms with Crippen LogP contribution in [-0.4, -0.2) is 41.0 Å². The first-order chi connectivity index (χ1) is 13.4. The summed E-state index contributed by atoms with van der Waals surface area (Å²) in [7, 11) is 0. The molecule has 4 nitrogen and oxygen atoms in total. The molecule has 5 rings (SSSR count). The number of benzene rings is 2. The molecule has 1 saturated heterocycles. The van der Waals surface area contributed by atoms with Gasteiger partial charge >= 0.3 is 0 Å². The van der Waals surface area contributed by atoms with Gasteiger partial charge in [0.1, 0.15) is 11.0 Å². The highest BCUT2D eigenvalue weighted by molar-refractivity contribution is 7.18. The zero-order valence-corrected chi connectivity index (χ0v) is 16.0. The minimum Gasteiger partial charge on any atom is -0.315 e. The van der Waals surface area contributed by atoms with Gasteiger partial charge in [-0.05, 0) is 37.2 Å². The molecule has 4 aromatic rings. The fraction of sp³-hybridized carbons (Fsp3) is 0.273. The van der Waals surface area contributed by atoms with Crippen LogP contribution in [0.25, 0.3) is 21.1 Å². The van der Waals surface area contributed by atoms with Crippen molar-refractivity contribution in [1.29, 1.82) is 0 Å². The van der Waals surface area contributed by atoms with E-state index >= 15 is 0 Å². The molecule has 0 amide bonds. The summed E-state index contributed by atoms with van der Waals surface area (Å²) in [5.74, 6) is 0. The van der Waals surface area contributed by atoms with Gasteiger partial charge in [-0.15, -0.1) is 11.3 Å². The number of nitrogens with zero attached hydrogens (tertiary/aromatic N) is 3. The van der Waals surface area contributed by atoms with Crippen molar-refractivity contribution < 1.29 is 0 Å². The molecule has 0 spiro atoms. The van der Waals surface area contributed by atoms with Crippen LogP contribution in [0.5, 0.6) is 0 Å². The van der Waals surface area contributed by atoms with Gasteiger partial charge in [-0.1, -0.05) is 36.4 Å². The molecule has 2 aromatic carbocycles. The number of fused-ring (bicyclic) bond motifs is 2. The molecular weight excluding hydrogens is 352 g/mol. The molecule has 0 bridgehead atoms. The van der Waals surface area contributed by atoms with Gasteiger partial charge in [0.2, 0.25) is 0 Å². The Morgan fingerprint density at radius 3 is 2.63 bits per heavy atom. The largest absolute Gasteiger partial charge is 0.315 e. The Hall–Kier alpha value is -2.34. The van der Waals surface area contributed by atoms with E-state index in [0.717, 1.165) is 54.3 Å². The van der Waals surface area contributed by atoms with Crippen molar-refractivity contribution in [2.75, 3.05) is 26.2 Å². The first-order valence-corrected chi connectivity index (χ1v) is 10.4. The number of hydrogen-bond acceptors (Lipinski definition) is 5. The van der Waals surface area contributed by atoms with E-state index in [9.17, 15) is 0 Å². The molecule has 0 saturated carbocycles. The van der Waals surface area contributed by atoms with E-state index in [1.54, 1.807) is 11.3 Å². The molecule has 5 heteroatoms. The second kappa shape index (κ2) is 7.35. The van der Waals surface area contributed by atoms with Crippen molar-refractivity contribution in [3.8, 4) is 0 Å². The first kappa shape index (κ1) is 16.8. The minimum atomic E-state index is 0.104. The van der Waals surface area contributed by atoms with Crippen LogP contribution in [0.2, 0.25) is 0 Å². The van der Waals surface area contributed by atoms with Crippen molar-refractivity contribution in [1.82, 2.24) is 20.2 Å². The molecule has 3 heterocycles. The fourth-order valence-electron chi connectivity index (χ4n) is 3.84. The van der Waals surface area contributed by atoms with Gasteiger partial charge < -0.3 is 5.32 Å². The highest BCUT2D eigenvalue weighted by Gasteiger charge is 2.27. The molecule has 1 aliphatic heterocycles. The highest BCUT2D eigenvalue weighted by Crippen LogP contribution is 2.34. The van der Waals surface area contributed by atoms with Crippen molar-refractivity contribution in [3.05, 3.63) is 71.4 Å². The number of nitrogens with one attached hydrogen (secondary N) is 1. The number of thiazole rings is 1. The lowest BCUT2D eigenvalue weighted by Crippen LogP contribution is -2.33. The second-order valence-electron chi connectivity index (χ2n) is 6.99. The fourth-order valence-corrected chi connectivity index (χ4v) is 4.95. The van der Waals surface area contributed by atoms with Gasteiger partial charge in [0.05, 0.1) is 21.4 Å². The van der Waals surface area contributed by atoms with Crippen LogP contribution in [0.1, 0.15) is 23.2 Å². The van der Waals surface area contributed by atoms with Crippen molar-refractivity contribution in [3.63, 3.8) is 0 Å². The standard InChI is InChI=1S/C22H22N4S/c1-2-7-17-16(6-1)10-11-19(24-17)21(26-14-5-12-23-13-15-26)22-25-18-8-3-4-9-20(18)27-22/h1-4,6-11,21,23H,5,12-15H2. The van der Waals surface area contributed by atoms with Crippen LogP contribution >= 0.6 is 11.3 Å². The molecule has 1 atom stereocenters. The van der Waals surface area contributed by atoms with Crippen molar-refractivity contribution >= 4 is 32.5 Å². The van der Waals surface area contributed by atoms with E-state index in [4.69, 9.17) is 9.97 Å². The topological polar surface area (TPSA) is 41.1 Å². The molecule has 1 aliphatic rings. The van der Waals surface area contributed by atoms with Crippen LogP contribution in [0.4, 0.5) is 0 Å². The van der Waals surface area contributed by atoms with Gasteiger partial charge in [-0.25, -0.2) is 4.98 Å². The van der Waals surface area contributed by atoms with Crippen LogP contribution < -0.4 is 5.32 Å². The number of hydrogen-bond donors (Lipinski definition) is 1. The summed E-state index contributed by atoms with van der Waals surface area (Å²) in [6, 6.07) is 21.2. The van der Waals surface area contributed by atoms with E-state index in [-0.39, 0.29) is 6.04 Å². The van der Waals surface area contributed by atoms with E-state index in [1.807, 2.05) is 0 Å². The lowest BCUT2D eigenvalue weighted by atomic mass is 10.1. The summed E-state index contributed by atoms with van der Waals surface area (Å²) in [5, 5.41) is 5.83. The van der Waals surface area contributed by atoms with E-state index in [2.05, 4.69) is 70.9 Å². The maximum atomic E-state index is 5.03. The quantitative estimate of drug-likeness (QED) is 0.583. The normalized spacial score (nSPS) is 17.2. The van der Waals surface area contributed by atoms with Gasteiger partial charge in [-0.3, -0.25) is 9.88 Å². The summed E-state index contributed by atoms with van der Waals surface area (Å²) < 4.78 is 1.24. The monoisotopic (exact) mass is 374 g/mol. The van der Waals surface area contributed by atoms with E-state index in [1.165, 1.54) is 10.1 Å². The van der Waals surface area contributed by atoms with Crippen LogP contribution in [0.15, 0.2) is 60.7 Å². The van der Waals surface area contributed by atoms with Crippen LogP contribution in [-0.2, 0) is 0 Å². The smallest absolute Gasteiger partial charge is 0.117 e. The second-order valence-corrected chi connectivity index (χ2v) is 8.05. The third-order valence-electron chi connectivity index (χ3n) is 5.18. The summed E-state index contributed by atoms with van der Waals surface area (Å²) in [5.41, 5.74) is 3.22. The molecular formula is C22H22N4S. The molecule has 27 heavy (non-hydrogen) atoms. The van der Waals surface area contributed by atoms with Crippen molar-refractivity contribution in [2.45, 2.75) is 12.5 Å². The zero-order chi connectivity index (χ0) is 18.1.